The third-order valence-electron chi connectivity index (χ3n) is 6.93. The summed E-state index contributed by atoms with van der Waals surface area (Å²) in [5, 5.41) is 4.98. The number of aromatic nitrogens is 2. The number of nitrogens with zero attached hydrogens (tertiary/aromatic N) is 4. The summed E-state index contributed by atoms with van der Waals surface area (Å²) in [4.78, 5) is 31.1. The topological polar surface area (TPSA) is 73.8 Å². The van der Waals surface area contributed by atoms with E-state index in [1.54, 1.807) is 0 Å². The zero-order valence-corrected chi connectivity index (χ0v) is 17.3. The number of aromatic amines is 1. The number of hydrogen-bond acceptors (Lipinski definition) is 6. The molecule has 2 saturated heterocycles. The zero-order valence-electron chi connectivity index (χ0n) is 17.3. The highest BCUT2D eigenvalue weighted by molar-refractivity contribution is 5.99. The number of benzene rings is 1. The molecule has 0 bridgehead atoms. The lowest BCUT2D eigenvalue weighted by Crippen LogP contribution is -2.43. The van der Waals surface area contributed by atoms with Crippen LogP contribution in [-0.2, 0) is 4.84 Å². The maximum Gasteiger partial charge on any atom is 0.259 e. The number of piperidine rings is 2. The monoisotopic (exact) mass is 395 g/mol. The molecule has 0 unspecified atom stereocenters. The van der Waals surface area contributed by atoms with Crippen LogP contribution in [0.2, 0.25) is 0 Å². The van der Waals surface area contributed by atoms with Gasteiger partial charge in [-0.15, -0.1) is 0 Å². The van der Waals surface area contributed by atoms with E-state index in [9.17, 15) is 4.79 Å². The first-order valence-electron chi connectivity index (χ1n) is 10.7. The van der Waals surface area contributed by atoms with E-state index in [2.05, 4.69) is 40.1 Å². The van der Waals surface area contributed by atoms with Crippen LogP contribution in [0, 0.1) is 0 Å². The van der Waals surface area contributed by atoms with E-state index in [1.165, 1.54) is 5.56 Å². The molecule has 5 rings (SSSR count). The molecular formula is C22H29N5O2. The summed E-state index contributed by atoms with van der Waals surface area (Å²) < 4.78 is 0. The van der Waals surface area contributed by atoms with Crippen LogP contribution in [0.3, 0.4) is 0 Å². The first kappa shape index (κ1) is 18.8. The molecule has 3 aliphatic rings. The Morgan fingerprint density at radius 3 is 2.59 bits per heavy atom. The number of hydrogen-bond donors (Lipinski definition) is 1. The van der Waals surface area contributed by atoms with Gasteiger partial charge in [0.15, 0.2) is 5.82 Å². The Morgan fingerprint density at radius 1 is 1.10 bits per heavy atom. The number of rotatable bonds is 2. The van der Waals surface area contributed by atoms with Gasteiger partial charge < -0.3 is 19.6 Å². The third kappa shape index (κ3) is 3.57. The molecule has 154 valence electrons. The summed E-state index contributed by atoms with van der Waals surface area (Å²) in [7, 11) is 4.30. The molecule has 4 heterocycles. The largest absolute Gasteiger partial charge is 0.388 e. The normalized spacial score (nSPS) is 23.4. The molecule has 0 aliphatic carbocycles. The molecule has 0 radical (unpaired) electrons. The van der Waals surface area contributed by atoms with Crippen LogP contribution in [-0.4, -0.2) is 71.4 Å². The van der Waals surface area contributed by atoms with Crippen molar-refractivity contribution in [3.8, 4) is 0 Å². The average molecular weight is 396 g/mol. The minimum Gasteiger partial charge on any atom is -0.388 e. The van der Waals surface area contributed by atoms with E-state index in [0.717, 1.165) is 63.1 Å². The Labute approximate surface area is 170 Å². The van der Waals surface area contributed by atoms with Gasteiger partial charge in [0.2, 0.25) is 0 Å². The van der Waals surface area contributed by atoms with Crippen LogP contribution in [0.4, 0.5) is 0 Å². The van der Waals surface area contributed by atoms with Crippen LogP contribution in [0.1, 0.15) is 49.4 Å². The Morgan fingerprint density at radius 2 is 1.83 bits per heavy atom. The zero-order chi connectivity index (χ0) is 20.0. The summed E-state index contributed by atoms with van der Waals surface area (Å²) in [5.74, 6) is 1.07. The summed E-state index contributed by atoms with van der Waals surface area (Å²) in [6.45, 7) is 4.22. The first-order valence-corrected chi connectivity index (χ1v) is 10.7. The van der Waals surface area contributed by atoms with Gasteiger partial charge in [0, 0.05) is 32.4 Å². The summed E-state index contributed by atoms with van der Waals surface area (Å²) in [5.41, 5.74) is 2.41. The van der Waals surface area contributed by atoms with Gasteiger partial charge in [0.05, 0.1) is 10.9 Å². The molecule has 0 amide bonds. The molecule has 2 aromatic rings. The highest BCUT2D eigenvalue weighted by Crippen LogP contribution is 2.35. The fourth-order valence-corrected chi connectivity index (χ4v) is 4.83. The Hall–Kier alpha value is -2.25. The van der Waals surface area contributed by atoms with Crippen molar-refractivity contribution in [2.75, 3.05) is 40.3 Å². The van der Waals surface area contributed by atoms with Crippen molar-refractivity contribution in [3.05, 3.63) is 39.9 Å². The quantitative estimate of drug-likeness (QED) is 0.845. The SMILES string of the molecule is CN1CCC(c2ccc3nc(C4=NOC5(CCN(C)CC5)C4)[nH]c(=O)c3c2)CC1. The standard InChI is InChI=1S/C22H29N5O2/c1-26-9-5-15(6-10-26)16-3-4-18-17(13-16)21(28)24-20(23-18)19-14-22(29-25-19)7-11-27(2)12-8-22/h3-4,13,15H,5-12,14H2,1-2H3,(H,23,24,28). The number of nitrogens with one attached hydrogen (secondary N) is 1. The second kappa shape index (κ2) is 7.22. The maximum absolute atomic E-state index is 12.8. The lowest BCUT2D eigenvalue weighted by atomic mass is 9.87. The van der Waals surface area contributed by atoms with Crippen molar-refractivity contribution in [1.82, 2.24) is 19.8 Å². The van der Waals surface area contributed by atoms with Crippen molar-refractivity contribution < 1.29 is 4.84 Å². The molecule has 1 aromatic carbocycles. The smallest absolute Gasteiger partial charge is 0.259 e. The van der Waals surface area contributed by atoms with Crippen molar-refractivity contribution in [3.63, 3.8) is 0 Å². The van der Waals surface area contributed by atoms with E-state index in [-0.39, 0.29) is 11.2 Å². The van der Waals surface area contributed by atoms with Gasteiger partial charge in [-0.05, 0) is 63.6 Å². The van der Waals surface area contributed by atoms with Crippen LogP contribution >= 0.6 is 0 Å². The van der Waals surface area contributed by atoms with E-state index < -0.39 is 0 Å². The van der Waals surface area contributed by atoms with Gasteiger partial charge in [-0.1, -0.05) is 11.2 Å². The minimum atomic E-state index is -0.229. The second-order valence-electron chi connectivity index (χ2n) is 9.06. The van der Waals surface area contributed by atoms with Crippen molar-refractivity contribution in [1.29, 1.82) is 0 Å². The molecule has 0 saturated carbocycles. The first-order chi connectivity index (χ1) is 14.0. The highest BCUT2D eigenvalue weighted by Gasteiger charge is 2.42. The highest BCUT2D eigenvalue weighted by atomic mass is 16.7. The summed E-state index contributed by atoms with van der Waals surface area (Å²) >= 11 is 0. The molecule has 3 aliphatic heterocycles. The second-order valence-corrected chi connectivity index (χ2v) is 9.06. The van der Waals surface area contributed by atoms with Gasteiger partial charge in [0.25, 0.3) is 5.56 Å². The van der Waals surface area contributed by atoms with Crippen LogP contribution < -0.4 is 5.56 Å². The van der Waals surface area contributed by atoms with Gasteiger partial charge >= 0.3 is 0 Å². The maximum atomic E-state index is 12.8. The van der Waals surface area contributed by atoms with Crippen LogP contribution in [0.5, 0.6) is 0 Å². The van der Waals surface area contributed by atoms with E-state index in [4.69, 9.17) is 9.82 Å². The van der Waals surface area contributed by atoms with Crippen molar-refractivity contribution in [2.45, 2.75) is 43.6 Å². The predicted octanol–water partition coefficient (Wildman–Crippen LogP) is 2.32. The molecule has 1 aromatic heterocycles. The number of likely N-dealkylation sites (tertiary alicyclic amines) is 2. The summed E-state index contributed by atoms with van der Waals surface area (Å²) in [6.07, 6.45) is 4.89. The van der Waals surface area contributed by atoms with Crippen molar-refractivity contribution >= 4 is 16.6 Å². The van der Waals surface area contributed by atoms with Gasteiger partial charge in [-0.2, -0.15) is 0 Å². The molecule has 2 fully saturated rings. The molecule has 0 atom stereocenters. The fourth-order valence-electron chi connectivity index (χ4n) is 4.83. The molecule has 7 nitrogen and oxygen atoms in total. The summed E-state index contributed by atoms with van der Waals surface area (Å²) in [6, 6.07) is 6.16. The third-order valence-corrected chi connectivity index (χ3v) is 6.93. The molecule has 1 N–H and O–H groups in total. The Bertz CT molecular complexity index is 998. The fraction of sp³-hybridized carbons (Fsp3) is 0.591. The number of fused-ring (bicyclic) bond motifs is 1. The van der Waals surface area contributed by atoms with E-state index >= 15 is 0 Å². The molecule has 1 spiro atoms. The van der Waals surface area contributed by atoms with Crippen LogP contribution in [0.15, 0.2) is 28.1 Å². The number of oxime groups is 1. The van der Waals surface area contributed by atoms with Crippen LogP contribution in [0.25, 0.3) is 10.9 Å². The minimum absolute atomic E-state index is 0.0909. The Balaban J connectivity index is 1.39. The van der Waals surface area contributed by atoms with Gasteiger partial charge in [0.1, 0.15) is 11.3 Å². The van der Waals surface area contributed by atoms with Gasteiger partial charge in [-0.25, -0.2) is 4.98 Å². The average Bonchev–Trinajstić information content (AvgIpc) is 3.15. The van der Waals surface area contributed by atoms with Gasteiger partial charge in [-0.3, -0.25) is 4.79 Å². The molecule has 29 heavy (non-hydrogen) atoms. The van der Waals surface area contributed by atoms with E-state index in [0.29, 0.717) is 23.5 Å². The lowest BCUT2D eigenvalue weighted by molar-refractivity contribution is -0.0578. The van der Waals surface area contributed by atoms with Crippen molar-refractivity contribution in [2.24, 2.45) is 5.16 Å². The Kier molecular flexibility index (Phi) is 4.67. The molecule has 7 heteroatoms. The van der Waals surface area contributed by atoms with E-state index in [1.807, 2.05) is 12.1 Å². The number of H-pyrrole nitrogens is 1. The lowest BCUT2D eigenvalue weighted by Gasteiger charge is -2.35. The predicted molar refractivity (Wildman–Crippen MR) is 114 cm³/mol. The molecular weight excluding hydrogens is 366 g/mol.